The van der Waals surface area contributed by atoms with E-state index in [0.717, 1.165) is 12.8 Å². The largest absolute Gasteiger partial charge is 0.479 e. The number of halogens is 1. The second-order valence-electron chi connectivity index (χ2n) is 5.01. The van der Waals surface area contributed by atoms with Gasteiger partial charge in [0, 0.05) is 6.04 Å². The van der Waals surface area contributed by atoms with Crippen molar-refractivity contribution in [3.05, 3.63) is 28.8 Å². The van der Waals surface area contributed by atoms with Gasteiger partial charge in [-0.3, -0.25) is 4.79 Å². The molecule has 4 nitrogen and oxygen atoms in total. The lowest BCUT2D eigenvalue weighted by molar-refractivity contribution is -0.127. The van der Waals surface area contributed by atoms with Crippen molar-refractivity contribution in [3.8, 4) is 11.8 Å². The minimum Gasteiger partial charge on any atom is -0.479 e. The molecular weight excluding hydrogens is 276 g/mol. The van der Waals surface area contributed by atoms with Crippen molar-refractivity contribution in [1.29, 1.82) is 5.26 Å². The smallest absolute Gasteiger partial charge is 0.260 e. The van der Waals surface area contributed by atoms with Crippen molar-refractivity contribution >= 4 is 17.5 Å². The van der Waals surface area contributed by atoms with E-state index in [4.69, 9.17) is 21.6 Å². The Kier molecular flexibility index (Phi) is 4.86. The maximum atomic E-state index is 12.0. The summed E-state index contributed by atoms with van der Waals surface area (Å²) in [7, 11) is 0. The number of hydrogen-bond acceptors (Lipinski definition) is 3. The van der Waals surface area contributed by atoms with Crippen LogP contribution in [0.15, 0.2) is 18.2 Å². The average molecular weight is 293 g/mol. The van der Waals surface area contributed by atoms with E-state index >= 15 is 0 Å². The van der Waals surface area contributed by atoms with Gasteiger partial charge in [0.15, 0.2) is 6.10 Å². The molecule has 1 N–H and O–H groups in total. The topological polar surface area (TPSA) is 62.1 Å². The lowest BCUT2D eigenvalue weighted by Crippen LogP contribution is -2.41. The average Bonchev–Trinajstić information content (AvgIpc) is 2.93. The van der Waals surface area contributed by atoms with Crippen molar-refractivity contribution in [3.63, 3.8) is 0 Å². The van der Waals surface area contributed by atoms with E-state index in [-0.39, 0.29) is 11.9 Å². The molecule has 1 amide bonds. The van der Waals surface area contributed by atoms with Crippen LogP contribution in [0.4, 0.5) is 0 Å². The Labute approximate surface area is 123 Å². The first-order valence-corrected chi connectivity index (χ1v) is 7.14. The lowest BCUT2D eigenvalue weighted by Gasteiger charge is -2.18. The summed E-state index contributed by atoms with van der Waals surface area (Å²) in [5, 5.41) is 12.1. The summed E-state index contributed by atoms with van der Waals surface area (Å²) < 4.78 is 5.56. The Morgan fingerprint density at radius 2 is 2.20 bits per heavy atom. The van der Waals surface area contributed by atoms with Crippen molar-refractivity contribution in [2.45, 2.75) is 44.8 Å². The molecular formula is C15H17ClN2O2. The Balaban J connectivity index is 1.94. The van der Waals surface area contributed by atoms with E-state index in [9.17, 15) is 4.79 Å². The summed E-state index contributed by atoms with van der Waals surface area (Å²) in [6, 6.07) is 7.02. The van der Waals surface area contributed by atoms with Gasteiger partial charge >= 0.3 is 0 Å². The highest BCUT2D eigenvalue weighted by Gasteiger charge is 2.22. The summed E-state index contributed by atoms with van der Waals surface area (Å²) >= 11 is 6.02. The van der Waals surface area contributed by atoms with Gasteiger partial charge < -0.3 is 10.1 Å². The molecule has 1 aromatic carbocycles. The zero-order valence-corrected chi connectivity index (χ0v) is 12.1. The highest BCUT2D eigenvalue weighted by atomic mass is 35.5. The number of ether oxygens (including phenoxy) is 1. The number of nitrogens with one attached hydrogen (secondary N) is 1. The Morgan fingerprint density at radius 3 is 2.80 bits per heavy atom. The van der Waals surface area contributed by atoms with E-state index in [0.29, 0.717) is 16.3 Å². The monoisotopic (exact) mass is 292 g/mol. The Morgan fingerprint density at radius 1 is 1.50 bits per heavy atom. The number of nitrogens with zero attached hydrogens (tertiary/aromatic N) is 1. The van der Waals surface area contributed by atoms with Gasteiger partial charge in [-0.25, -0.2) is 0 Å². The zero-order valence-electron chi connectivity index (χ0n) is 11.4. The SMILES string of the molecule is C[C@@H](Oc1ccc(C#N)cc1Cl)C(=O)NC1CCCC1. The van der Waals surface area contributed by atoms with Gasteiger partial charge in [0.25, 0.3) is 5.91 Å². The van der Waals surface area contributed by atoms with Gasteiger partial charge in [-0.2, -0.15) is 5.26 Å². The molecule has 1 atom stereocenters. The molecule has 0 aromatic heterocycles. The van der Waals surface area contributed by atoms with Crippen molar-refractivity contribution < 1.29 is 9.53 Å². The van der Waals surface area contributed by atoms with Crippen LogP contribution in [0, 0.1) is 11.3 Å². The summed E-state index contributed by atoms with van der Waals surface area (Å²) in [6.07, 6.45) is 3.80. The zero-order chi connectivity index (χ0) is 14.5. The highest BCUT2D eigenvalue weighted by Crippen LogP contribution is 2.26. The first-order chi connectivity index (χ1) is 9.60. The summed E-state index contributed by atoms with van der Waals surface area (Å²) in [4.78, 5) is 12.0. The van der Waals surface area contributed by atoms with E-state index < -0.39 is 6.10 Å². The fourth-order valence-electron chi connectivity index (χ4n) is 2.30. The minimum absolute atomic E-state index is 0.127. The molecule has 0 radical (unpaired) electrons. The molecule has 20 heavy (non-hydrogen) atoms. The number of benzene rings is 1. The number of nitriles is 1. The second kappa shape index (κ2) is 6.62. The first-order valence-electron chi connectivity index (χ1n) is 6.77. The number of hydrogen-bond donors (Lipinski definition) is 1. The van der Waals surface area contributed by atoms with Crippen LogP contribution in [-0.2, 0) is 4.79 Å². The summed E-state index contributed by atoms with van der Waals surface area (Å²) in [6.45, 7) is 1.69. The summed E-state index contributed by atoms with van der Waals surface area (Å²) in [5.74, 6) is 0.289. The molecule has 2 rings (SSSR count). The molecule has 0 unspecified atom stereocenters. The molecule has 1 saturated carbocycles. The number of amides is 1. The molecule has 1 aromatic rings. The molecule has 1 aliphatic rings. The lowest BCUT2D eigenvalue weighted by atomic mass is 10.2. The number of rotatable bonds is 4. The van der Waals surface area contributed by atoms with Crippen LogP contribution < -0.4 is 10.1 Å². The molecule has 0 saturated heterocycles. The quantitative estimate of drug-likeness (QED) is 0.928. The van der Waals surface area contributed by atoms with Gasteiger partial charge in [0.05, 0.1) is 16.7 Å². The van der Waals surface area contributed by atoms with Crippen LogP contribution in [0.3, 0.4) is 0 Å². The van der Waals surface area contributed by atoms with Crippen molar-refractivity contribution in [2.75, 3.05) is 0 Å². The van der Waals surface area contributed by atoms with E-state index in [1.54, 1.807) is 19.1 Å². The Hall–Kier alpha value is -1.73. The van der Waals surface area contributed by atoms with E-state index in [1.165, 1.54) is 18.9 Å². The van der Waals surface area contributed by atoms with Gasteiger partial charge in [-0.05, 0) is 38.0 Å². The van der Waals surface area contributed by atoms with Crippen molar-refractivity contribution in [1.82, 2.24) is 5.32 Å². The van der Waals surface area contributed by atoms with E-state index in [1.807, 2.05) is 6.07 Å². The third-order valence-corrected chi connectivity index (χ3v) is 3.73. The molecule has 1 fully saturated rings. The molecule has 0 spiro atoms. The first kappa shape index (κ1) is 14.7. The fraction of sp³-hybridized carbons (Fsp3) is 0.467. The van der Waals surface area contributed by atoms with Crippen LogP contribution in [0.1, 0.15) is 38.2 Å². The van der Waals surface area contributed by atoms with Crippen LogP contribution in [0.2, 0.25) is 5.02 Å². The standard InChI is InChI=1S/C15H17ClN2O2/c1-10(15(19)18-12-4-2-3-5-12)20-14-7-6-11(9-17)8-13(14)16/h6-8,10,12H,2-5H2,1H3,(H,18,19)/t10-/m1/s1. The number of carbonyl (C=O) groups is 1. The fourth-order valence-corrected chi connectivity index (χ4v) is 2.52. The number of carbonyl (C=O) groups excluding carboxylic acids is 1. The van der Waals surface area contributed by atoms with Gasteiger partial charge in [-0.1, -0.05) is 24.4 Å². The highest BCUT2D eigenvalue weighted by molar-refractivity contribution is 6.32. The maximum Gasteiger partial charge on any atom is 0.260 e. The van der Waals surface area contributed by atoms with Crippen LogP contribution in [0.5, 0.6) is 5.75 Å². The van der Waals surface area contributed by atoms with Crippen LogP contribution in [-0.4, -0.2) is 18.1 Å². The second-order valence-corrected chi connectivity index (χ2v) is 5.41. The Bertz CT molecular complexity index is 533. The molecule has 0 aliphatic heterocycles. The van der Waals surface area contributed by atoms with Crippen molar-refractivity contribution in [2.24, 2.45) is 0 Å². The third-order valence-electron chi connectivity index (χ3n) is 3.44. The van der Waals surface area contributed by atoms with Crippen LogP contribution >= 0.6 is 11.6 Å². The minimum atomic E-state index is -0.610. The molecule has 5 heteroatoms. The van der Waals surface area contributed by atoms with Gasteiger partial charge in [-0.15, -0.1) is 0 Å². The third kappa shape index (κ3) is 3.64. The molecule has 0 bridgehead atoms. The molecule has 106 valence electrons. The van der Waals surface area contributed by atoms with E-state index in [2.05, 4.69) is 5.32 Å². The summed E-state index contributed by atoms with van der Waals surface area (Å²) in [5.41, 5.74) is 0.463. The maximum absolute atomic E-state index is 12.0. The molecule has 0 heterocycles. The van der Waals surface area contributed by atoms with Gasteiger partial charge in [0.1, 0.15) is 5.75 Å². The predicted molar refractivity (Wildman–Crippen MR) is 76.7 cm³/mol. The normalized spacial score (nSPS) is 16.4. The molecule has 1 aliphatic carbocycles. The predicted octanol–water partition coefficient (Wildman–Crippen LogP) is 3.04. The van der Waals surface area contributed by atoms with Crippen LogP contribution in [0.25, 0.3) is 0 Å². The van der Waals surface area contributed by atoms with Gasteiger partial charge in [0.2, 0.25) is 0 Å².